The van der Waals surface area contributed by atoms with Gasteiger partial charge in [0, 0.05) is 22.4 Å². The van der Waals surface area contributed by atoms with Crippen LogP contribution in [-0.4, -0.2) is 44.8 Å². The van der Waals surface area contributed by atoms with Crippen LogP contribution >= 0.6 is 0 Å². The topological polar surface area (TPSA) is 66.1 Å². The molecule has 0 aromatic carbocycles. The molecule has 0 aliphatic carbocycles. The maximum Gasteiger partial charge on any atom is 0 e. The summed E-state index contributed by atoms with van der Waals surface area (Å²) in [6.07, 6.45) is 0. The van der Waals surface area contributed by atoms with E-state index in [9.17, 15) is 0 Å². The normalized spacial score (nSPS) is 8.86. The van der Waals surface area contributed by atoms with Gasteiger partial charge in [0.05, 0.1) is 0 Å². The first-order chi connectivity index (χ1) is 9.24. The zero-order valence-electron chi connectivity index (χ0n) is 16.0. The molecule has 0 unspecified atom stereocenters. The van der Waals surface area contributed by atoms with E-state index >= 15 is 0 Å². The predicted octanol–water partition coefficient (Wildman–Crippen LogP) is 6.03. The van der Waals surface area contributed by atoms with Gasteiger partial charge in [-0.3, -0.25) is 0 Å². The Kier molecular flexibility index (Phi) is 51.5. The summed E-state index contributed by atoms with van der Waals surface area (Å²) in [6.45, 7) is 23.6. The van der Waals surface area contributed by atoms with Crippen molar-refractivity contribution >= 4 is 0 Å². The van der Waals surface area contributed by atoms with Gasteiger partial charge in [0.2, 0.25) is 0 Å². The van der Waals surface area contributed by atoms with Gasteiger partial charge < -0.3 is 21.7 Å². The van der Waals surface area contributed by atoms with Crippen molar-refractivity contribution in [1.29, 1.82) is 0 Å². The molecule has 0 saturated carbocycles. The Bertz CT molecular complexity index is 102. The van der Waals surface area contributed by atoms with Crippen LogP contribution in [0, 0.1) is 0 Å². The largest absolute Gasteiger partial charge is 0.673 e. The number of nitrogens with one attached hydrogen (secondary N) is 1. The maximum absolute atomic E-state index is 6.94. The number of nitrogens with zero attached hydrogens (tertiary/aromatic N) is 3. The molecule has 1 N–H and O–H groups in total. The van der Waals surface area contributed by atoms with Gasteiger partial charge in [-0.2, -0.15) is 39.3 Å². The van der Waals surface area contributed by atoms with Gasteiger partial charge in [-0.05, 0) is 0 Å². The van der Waals surface area contributed by atoms with Crippen molar-refractivity contribution in [3.05, 3.63) is 21.7 Å². The summed E-state index contributed by atoms with van der Waals surface area (Å²) >= 11 is 0. The average Bonchev–Trinajstić information content (AvgIpc) is 2.31. The minimum atomic E-state index is -0.250. The van der Waals surface area contributed by atoms with Crippen molar-refractivity contribution in [2.24, 2.45) is 0 Å². The second-order valence-electron chi connectivity index (χ2n) is 4.82. The Morgan fingerprint density at radius 1 is 0.571 bits per heavy atom. The fourth-order valence-electron chi connectivity index (χ4n) is 0.671. The maximum atomic E-state index is 6.94. The third-order valence-electron chi connectivity index (χ3n) is 1.34. The van der Waals surface area contributed by atoms with E-state index < -0.39 is 0 Å². The van der Waals surface area contributed by atoms with Crippen LogP contribution in [0.25, 0.3) is 21.7 Å². The Labute approximate surface area is 151 Å². The summed E-state index contributed by atoms with van der Waals surface area (Å²) in [4.78, 5) is 0. The standard InChI is InChI=1S/4C4H10N.Ta/c1-4(2,3)5;3*1-3-5-4-2;/h5H,1-3H3;3*3-4H2,1-2H3;/q4*-1;. The molecule has 0 atom stereocenters. The van der Waals surface area contributed by atoms with Crippen LogP contribution in [0.3, 0.4) is 0 Å². The minimum Gasteiger partial charge on any atom is -0.673 e. The van der Waals surface area contributed by atoms with E-state index in [0.29, 0.717) is 0 Å². The molecular weight excluding hydrogens is 429 g/mol. The van der Waals surface area contributed by atoms with Crippen molar-refractivity contribution in [2.45, 2.75) is 67.9 Å². The second kappa shape index (κ2) is 32.5. The first-order valence-corrected chi connectivity index (χ1v) is 7.89. The molecule has 5 heteroatoms. The van der Waals surface area contributed by atoms with Crippen molar-refractivity contribution in [2.75, 3.05) is 39.3 Å². The zero-order chi connectivity index (χ0) is 16.9. The van der Waals surface area contributed by atoms with E-state index in [1.807, 2.05) is 62.3 Å². The number of hydrogen-bond acceptors (Lipinski definition) is 0. The monoisotopic (exact) mass is 469 g/mol. The molecule has 0 aliphatic rings. The minimum absolute atomic E-state index is 0. The molecule has 21 heavy (non-hydrogen) atoms. The molecule has 0 spiro atoms. The molecule has 0 rings (SSSR count). The molecule has 0 bridgehead atoms. The molecule has 0 heterocycles. The molecular formula is C16H40N4Ta-4. The summed E-state index contributed by atoms with van der Waals surface area (Å²) in [5.41, 5.74) is 6.69. The molecule has 1 radical (unpaired) electrons. The van der Waals surface area contributed by atoms with Crippen LogP contribution in [0.15, 0.2) is 0 Å². The van der Waals surface area contributed by atoms with Gasteiger partial charge in [-0.25, -0.2) is 0 Å². The third-order valence-corrected chi connectivity index (χ3v) is 1.34. The summed E-state index contributed by atoms with van der Waals surface area (Å²) in [7, 11) is 0. The summed E-state index contributed by atoms with van der Waals surface area (Å²) in [6, 6.07) is 0. The summed E-state index contributed by atoms with van der Waals surface area (Å²) < 4.78 is 0. The van der Waals surface area contributed by atoms with Gasteiger partial charge in [-0.15, -0.1) is 5.54 Å². The molecule has 0 saturated heterocycles. The van der Waals surface area contributed by atoms with Gasteiger partial charge in [0.25, 0.3) is 0 Å². The van der Waals surface area contributed by atoms with Crippen LogP contribution in [0.4, 0.5) is 0 Å². The Balaban J connectivity index is -0.0000000533. The molecule has 0 fully saturated rings. The Morgan fingerprint density at radius 2 is 0.667 bits per heavy atom. The predicted molar refractivity (Wildman–Crippen MR) is 97.4 cm³/mol. The van der Waals surface area contributed by atoms with E-state index in [4.69, 9.17) is 5.73 Å². The van der Waals surface area contributed by atoms with Gasteiger partial charge in [0.15, 0.2) is 0 Å². The van der Waals surface area contributed by atoms with Crippen molar-refractivity contribution in [3.63, 3.8) is 0 Å². The van der Waals surface area contributed by atoms with Crippen molar-refractivity contribution in [1.82, 2.24) is 0 Å². The summed E-state index contributed by atoms with van der Waals surface area (Å²) in [5, 5.41) is 11.9. The van der Waals surface area contributed by atoms with Gasteiger partial charge >= 0.3 is 0 Å². The quantitative estimate of drug-likeness (QED) is 0.456. The number of hydrogen-bond donors (Lipinski definition) is 0. The van der Waals surface area contributed by atoms with E-state index in [1.54, 1.807) is 0 Å². The van der Waals surface area contributed by atoms with Crippen LogP contribution in [-0.2, 0) is 22.4 Å². The fourth-order valence-corrected chi connectivity index (χ4v) is 0.671. The molecule has 133 valence electrons. The molecule has 0 aromatic rings. The molecule has 0 aliphatic heterocycles. The SMILES string of the molecule is CC(C)(C)[NH-].CC[N-]CC.CC[N-]CC.CC[N-]CC.[Ta]. The second-order valence-corrected chi connectivity index (χ2v) is 4.82. The first-order valence-electron chi connectivity index (χ1n) is 7.89. The number of rotatable bonds is 6. The molecule has 0 aromatic heterocycles. The molecule has 0 amide bonds. The van der Waals surface area contributed by atoms with E-state index in [1.165, 1.54) is 0 Å². The van der Waals surface area contributed by atoms with Crippen molar-refractivity contribution < 1.29 is 22.4 Å². The van der Waals surface area contributed by atoms with Gasteiger partial charge in [-0.1, -0.05) is 62.3 Å². The Hall–Kier alpha value is 0.580. The Morgan fingerprint density at radius 3 is 0.667 bits per heavy atom. The van der Waals surface area contributed by atoms with Crippen molar-refractivity contribution in [3.8, 4) is 0 Å². The smallest absolute Gasteiger partial charge is 0 e. The van der Waals surface area contributed by atoms with Crippen LogP contribution in [0.2, 0.25) is 0 Å². The van der Waals surface area contributed by atoms with Crippen LogP contribution < -0.4 is 0 Å². The van der Waals surface area contributed by atoms with E-state index in [-0.39, 0.29) is 27.9 Å². The zero-order valence-corrected chi connectivity index (χ0v) is 19.2. The average molecular weight is 469 g/mol. The van der Waals surface area contributed by atoms with Crippen LogP contribution in [0.5, 0.6) is 0 Å². The molecule has 4 nitrogen and oxygen atoms in total. The fraction of sp³-hybridized carbons (Fsp3) is 1.00. The van der Waals surface area contributed by atoms with E-state index in [0.717, 1.165) is 39.3 Å². The first kappa shape index (κ1) is 33.2. The van der Waals surface area contributed by atoms with Crippen LogP contribution in [0.1, 0.15) is 62.3 Å². The van der Waals surface area contributed by atoms with Gasteiger partial charge in [0.1, 0.15) is 0 Å². The van der Waals surface area contributed by atoms with E-state index in [2.05, 4.69) is 16.0 Å². The third kappa shape index (κ3) is 164. The summed E-state index contributed by atoms with van der Waals surface area (Å²) in [5.74, 6) is 0.